The molecule has 2 rings (SSSR count). The normalized spacial score (nSPS) is 10.8. The maximum atomic E-state index is 10.0. The zero-order valence-corrected chi connectivity index (χ0v) is 12.8. The molecule has 0 aliphatic heterocycles. The van der Waals surface area contributed by atoms with E-state index < -0.39 is 0 Å². The van der Waals surface area contributed by atoms with Crippen LogP contribution in [0.1, 0.15) is 12.5 Å². The van der Waals surface area contributed by atoms with E-state index in [4.69, 9.17) is 27.9 Å². The van der Waals surface area contributed by atoms with Crippen LogP contribution in [0.15, 0.2) is 41.5 Å². The monoisotopic (exact) mass is 324 g/mol. The van der Waals surface area contributed by atoms with E-state index in [2.05, 4.69) is 10.5 Å². The Hall–Kier alpha value is -1.91. The Bertz CT molecular complexity index is 660. The lowest BCUT2D eigenvalue weighted by atomic mass is 10.2. The first-order chi connectivity index (χ1) is 10.1. The lowest BCUT2D eigenvalue weighted by Gasteiger charge is -2.07. The molecule has 0 saturated heterocycles. The highest BCUT2D eigenvalue weighted by molar-refractivity contribution is 6.42. The molecule has 0 bridgehead atoms. The molecule has 2 aromatic carbocycles. The van der Waals surface area contributed by atoms with E-state index in [9.17, 15) is 5.11 Å². The molecule has 21 heavy (non-hydrogen) atoms. The van der Waals surface area contributed by atoms with Gasteiger partial charge in [0.2, 0.25) is 0 Å². The molecule has 0 aromatic heterocycles. The molecule has 0 heterocycles. The van der Waals surface area contributed by atoms with Crippen molar-refractivity contribution in [3.8, 4) is 11.5 Å². The minimum atomic E-state index is 0.0547. The van der Waals surface area contributed by atoms with Gasteiger partial charge in [-0.3, -0.25) is 5.43 Å². The quantitative estimate of drug-likeness (QED) is 0.627. The molecule has 2 aromatic rings. The second-order valence-electron chi connectivity index (χ2n) is 4.13. The van der Waals surface area contributed by atoms with Crippen LogP contribution < -0.4 is 10.2 Å². The van der Waals surface area contributed by atoms with E-state index in [-0.39, 0.29) is 5.75 Å². The second kappa shape index (κ2) is 7.20. The van der Waals surface area contributed by atoms with Gasteiger partial charge in [0.1, 0.15) is 0 Å². The van der Waals surface area contributed by atoms with Crippen molar-refractivity contribution in [2.75, 3.05) is 12.0 Å². The summed E-state index contributed by atoms with van der Waals surface area (Å²) in [4.78, 5) is 0. The van der Waals surface area contributed by atoms with Crippen LogP contribution in [0, 0.1) is 0 Å². The van der Waals surface area contributed by atoms with Gasteiger partial charge in [0, 0.05) is 5.56 Å². The fourth-order valence-electron chi connectivity index (χ4n) is 1.66. The maximum absolute atomic E-state index is 10.0. The van der Waals surface area contributed by atoms with Gasteiger partial charge >= 0.3 is 0 Å². The molecule has 0 aliphatic carbocycles. The first-order valence-electron chi connectivity index (χ1n) is 6.30. The molecule has 0 aliphatic rings. The van der Waals surface area contributed by atoms with Crippen LogP contribution in [0.25, 0.3) is 0 Å². The topological polar surface area (TPSA) is 53.8 Å². The SMILES string of the molecule is CCOc1cccc(/C=N/Nc2ccc(Cl)c(Cl)c2)c1O. The fourth-order valence-corrected chi connectivity index (χ4v) is 1.96. The molecule has 0 fully saturated rings. The van der Waals surface area contributed by atoms with Crippen molar-refractivity contribution < 1.29 is 9.84 Å². The van der Waals surface area contributed by atoms with E-state index in [0.717, 1.165) is 0 Å². The molecule has 0 unspecified atom stereocenters. The number of hydrogen-bond acceptors (Lipinski definition) is 4. The number of rotatable bonds is 5. The minimum Gasteiger partial charge on any atom is -0.504 e. The number of halogens is 2. The molecule has 6 heteroatoms. The number of benzene rings is 2. The minimum absolute atomic E-state index is 0.0547. The van der Waals surface area contributed by atoms with Crippen molar-refractivity contribution in [2.24, 2.45) is 5.10 Å². The van der Waals surface area contributed by atoms with Gasteiger partial charge in [0.15, 0.2) is 11.5 Å². The molecule has 110 valence electrons. The Morgan fingerprint density at radius 2 is 2.05 bits per heavy atom. The van der Waals surface area contributed by atoms with E-state index in [0.29, 0.717) is 33.7 Å². The van der Waals surface area contributed by atoms with Crippen molar-refractivity contribution >= 4 is 35.1 Å². The highest BCUT2D eigenvalue weighted by Gasteiger charge is 2.05. The number of anilines is 1. The van der Waals surface area contributed by atoms with Gasteiger partial charge in [-0.2, -0.15) is 5.10 Å². The number of phenols is 1. The Kier molecular flexibility index (Phi) is 5.31. The predicted molar refractivity (Wildman–Crippen MR) is 87.0 cm³/mol. The van der Waals surface area contributed by atoms with Crippen LogP contribution in [0.4, 0.5) is 5.69 Å². The average Bonchev–Trinajstić information content (AvgIpc) is 2.47. The van der Waals surface area contributed by atoms with Gasteiger partial charge in [-0.15, -0.1) is 0 Å². The highest BCUT2D eigenvalue weighted by Crippen LogP contribution is 2.29. The first-order valence-corrected chi connectivity index (χ1v) is 7.06. The second-order valence-corrected chi connectivity index (χ2v) is 4.94. The van der Waals surface area contributed by atoms with Crippen molar-refractivity contribution in [1.82, 2.24) is 0 Å². The number of hydrogen-bond donors (Lipinski definition) is 2. The van der Waals surface area contributed by atoms with E-state index in [1.807, 2.05) is 6.92 Å². The summed E-state index contributed by atoms with van der Waals surface area (Å²) in [6.45, 7) is 2.34. The van der Waals surface area contributed by atoms with Crippen LogP contribution in [0.5, 0.6) is 11.5 Å². The first kappa shape index (κ1) is 15.5. The summed E-state index contributed by atoms with van der Waals surface area (Å²) < 4.78 is 5.31. The van der Waals surface area contributed by atoms with Crippen LogP contribution in [-0.2, 0) is 0 Å². The third-order valence-electron chi connectivity index (χ3n) is 2.65. The Morgan fingerprint density at radius 1 is 1.24 bits per heavy atom. The largest absolute Gasteiger partial charge is 0.504 e. The summed E-state index contributed by atoms with van der Waals surface area (Å²) >= 11 is 11.7. The smallest absolute Gasteiger partial charge is 0.166 e. The van der Waals surface area contributed by atoms with E-state index >= 15 is 0 Å². The summed E-state index contributed by atoms with van der Waals surface area (Å²) in [5.41, 5.74) is 4.06. The standard InChI is InChI=1S/C15H14Cl2N2O2/c1-2-21-14-5-3-4-10(15(14)20)9-18-19-11-6-7-12(16)13(17)8-11/h3-9,19-20H,2H2,1H3/b18-9+. The summed E-state index contributed by atoms with van der Waals surface area (Å²) in [6, 6.07) is 10.3. The summed E-state index contributed by atoms with van der Waals surface area (Å²) in [5.74, 6) is 0.482. The summed E-state index contributed by atoms with van der Waals surface area (Å²) in [6.07, 6.45) is 1.50. The maximum Gasteiger partial charge on any atom is 0.166 e. The summed E-state index contributed by atoms with van der Waals surface area (Å²) in [5, 5.41) is 15.0. The predicted octanol–water partition coefficient (Wildman–Crippen LogP) is 4.54. The van der Waals surface area contributed by atoms with Gasteiger partial charge in [-0.05, 0) is 37.3 Å². The number of phenolic OH excluding ortho intramolecular Hbond substituents is 1. The Balaban J connectivity index is 2.10. The molecular formula is C15H14Cl2N2O2. The number of nitrogens with one attached hydrogen (secondary N) is 1. The molecule has 0 atom stereocenters. The number of nitrogens with zero attached hydrogens (tertiary/aromatic N) is 1. The molecule has 0 amide bonds. The number of aromatic hydroxyl groups is 1. The van der Waals surface area contributed by atoms with Gasteiger partial charge in [-0.1, -0.05) is 29.3 Å². The van der Waals surface area contributed by atoms with Crippen LogP contribution in [0.3, 0.4) is 0 Å². The van der Waals surface area contributed by atoms with E-state index in [1.165, 1.54) is 6.21 Å². The zero-order chi connectivity index (χ0) is 15.2. The van der Waals surface area contributed by atoms with Crippen molar-refractivity contribution in [1.29, 1.82) is 0 Å². The molecule has 2 N–H and O–H groups in total. The highest BCUT2D eigenvalue weighted by atomic mass is 35.5. The summed E-state index contributed by atoms with van der Waals surface area (Å²) in [7, 11) is 0. The average molecular weight is 325 g/mol. The fraction of sp³-hybridized carbons (Fsp3) is 0.133. The molecule has 0 spiro atoms. The van der Waals surface area contributed by atoms with Crippen LogP contribution in [-0.4, -0.2) is 17.9 Å². The van der Waals surface area contributed by atoms with Gasteiger partial charge < -0.3 is 9.84 Å². The number of hydrazone groups is 1. The third-order valence-corrected chi connectivity index (χ3v) is 3.39. The van der Waals surface area contributed by atoms with Gasteiger partial charge in [0.25, 0.3) is 0 Å². The Morgan fingerprint density at radius 3 is 2.76 bits per heavy atom. The zero-order valence-electron chi connectivity index (χ0n) is 11.3. The van der Waals surface area contributed by atoms with Crippen LogP contribution >= 0.6 is 23.2 Å². The molecular weight excluding hydrogens is 311 g/mol. The van der Waals surface area contributed by atoms with Crippen molar-refractivity contribution in [2.45, 2.75) is 6.92 Å². The lowest BCUT2D eigenvalue weighted by molar-refractivity contribution is 0.318. The molecule has 0 saturated carbocycles. The third kappa shape index (κ3) is 4.03. The Labute approximate surface area is 133 Å². The van der Waals surface area contributed by atoms with Gasteiger partial charge in [-0.25, -0.2) is 0 Å². The van der Waals surface area contributed by atoms with Crippen molar-refractivity contribution in [3.63, 3.8) is 0 Å². The van der Waals surface area contributed by atoms with E-state index in [1.54, 1.807) is 36.4 Å². The number of para-hydroxylation sites is 1. The lowest BCUT2D eigenvalue weighted by Crippen LogP contribution is -1.95. The van der Waals surface area contributed by atoms with Gasteiger partial charge in [0.05, 0.1) is 28.6 Å². The molecule has 0 radical (unpaired) electrons. The van der Waals surface area contributed by atoms with Crippen molar-refractivity contribution in [3.05, 3.63) is 52.0 Å². The number of ether oxygens (including phenoxy) is 1. The molecule has 4 nitrogen and oxygen atoms in total. The van der Waals surface area contributed by atoms with Crippen LogP contribution in [0.2, 0.25) is 10.0 Å².